The van der Waals surface area contributed by atoms with Crippen LogP contribution in [0.3, 0.4) is 0 Å². The smallest absolute Gasteiger partial charge is 0.407 e. The molecular formula is C30H47NO6. The Balaban J connectivity index is 1.69. The first-order chi connectivity index (χ1) is 17.0. The number of hydrogen-bond acceptors (Lipinski definition) is 6. The molecule has 0 bridgehead atoms. The molecule has 0 spiro atoms. The molecule has 0 aromatic rings. The first kappa shape index (κ1) is 28.2. The van der Waals surface area contributed by atoms with Crippen LogP contribution >= 0.6 is 0 Å². The fraction of sp³-hybridized carbons (Fsp3) is 0.800. The Morgan fingerprint density at radius 2 is 1.89 bits per heavy atom. The monoisotopic (exact) mass is 517 g/mol. The van der Waals surface area contributed by atoms with E-state index in [1.807, 2.05) is 20.8 Å². The number of alkyl carbamates (subject to hydrolysis) is 1. The lowest BCUT2D eigenvalue weighted by atomic mass is 9.53. The first-order valence-corrected chi connectivity index (χ1v) is 13.9. The van der Waals surface area contributed by atoms with Gasteiger partial charge < -0.3 is 25.0 Å². The van der Waals surface area contributed by atoms with Crippen LogP contribution in [0.5, 0.6) is 0 Å². The van der Waals surface area contributed by atoms with E-state index in [2.05, 4.69) is 45.7 Å². The molecule has 7 heteroatoms. The fourth-order valence-corrected chi connectivity index (χ4v) is 8.20. The van der Waals surface area contributed by atoms with Crippen LogP contribution < -0.4 is 5.32 Å². The summed E-state index contributed by atoms with van der Waals surface area (Å²) in [6.45, 7) is 20.8. The van der Waals surface area contributed by atoms with Crippen molar-refractivity contribution in [3.05, 3.63) is 23.8 Å². The predicted molar refractivity (Wildman–Crippen MR) is 141 cm³/mol. The van der Waals surface area contributed by atoms with E-state index in [4.69, 9.17) is 9.47 Å². The highest BCUT2D eigenvalue weighted by Gasteiger charge is 2.62. The second-order valence-corrected chi connectivity index (χ2v) is 13.9. The van der Waals surface area contributed by atoms with Gasteiger partial charge in [0, 0.05) is 17.4 Å². The molecule has 3 N–H and O–H groups in total. The van der Waals surface area contributed by atoms with E-state index in [1.165, 1.54) is 5.57 Å². The van der Waals surface area contributed by atoms with Crippen molar-refractivity contribution in [1.82, 2.24) is 5.32 Å². The van der Waals surface area contributed by atoms with Crippen LogP contribution in [0.15, 0.2) is 23.8 Å². The molecule has 4 aliphatic rings. The van der Waals surface area contributed by atoms with E-state index in [9.17, 15) is 19.8 Å². The molecule has 3 fully saturated rings. The summed E-state index contributed by atoms with van der Waals surface area (Å²) in [6, 6.07) is 0. The zero-order valence-electron chi connectivity index (χ0n) is 23.8. The van der Waals surface area contributed by atoms with Crippen LogP contribution in [0.25, 0.3) is 0 Å². The second-order valence-electron chi connectivity index (χ2n) is 13.9. The molecule has 208 valence electrons. The highest BCUT2D eigenvalue weighted by Crippen LogP contribution is 2.63. The Labute approximate surface area is 222 Å². The molecule has 1 aliphatic heterocycles. The minimum atomic E-state index is -1.74. The molecule has 10 atom stereocenters. The third kappa shape index (κ3) is 4.75. The molecule has 0 aromatic heterocycles. The SMILES string of the molecule is C=C1C2CC3C(C(C)C)C(OC(=O)NC(C)(C)C)CC3(C)CC2C(C)=CCC2C(C)OC(=O)C(O)C12O. The summed E-state index contributed by atoms with van der Waals surface area (Å²) >= 11 is 0. The maximum Gasteiger partial charge on any atom is 0.407 e. The van der Waals surface area contributed by atoms with E-state index in [1.54, 1.807) is 6.92 Å². The average Bonchev–Trinajstić information content (AvgIpc) is 3.04. The number of carbonyl (C=O) groups excluding carboxylic acids is 2. The molecule has 2 saturated carbocycles. The van der Waals surface area contributed by atoms with Crippen molar-refractivity contribution in [3.63, 3.8) is 0 Å². The number of hydrogen-bond donors (Lipinski definition) is 3. The van der Waals surface area contributed by atoms with Gasteiger partial charge in [0.1, 0.15) is 17.8 Å². The molecule has 3 aliphatic carbocycles. The fourth-order valence-electron chi connectivity index (χ4n) is 8.20. The van der Waals surface area contributed by atoms with E-state index in [0.29, 0.717) is 17.9 Å². The van der Waals surface area contributed by atoms with Gasteiger partial charge in [-0.15, -0.1) is 0 Å². The lowest BCUT2D eigenvalue weighted by Crippen LogP contribution is -2.63. The van der Waals surface area contributed by atoms with Gasteiger partial charge in [-0.3, -0.25) is 0 Å². The number of esters is 1. The maximum absolute atomic E-state index is 12.8. The Kier molecular flexibility index (Phi) is 7.16. The van der Waals surface area contributed by atoms with Crippen molar-refractivity contribution in [3.8, 4) is 0 Å². The van der Waals surface area contributed by atoms with Gasteiger partial charge in [-0.25, -0.2) is 9.59 Å². The molecule has 7 nitrogen and oxygen atoms in total. The van der Waals surface area contributed by atoms with Crippen LogP contribution in [-0.2, 0) is 14.3 Å². The van der Waals surface area contributed by atoms with Crippen LogP contribution in [0.1, 0.15) is 81.1 Å². The molecule has 1 heterocycles. The Bertz CT molecular complexity index is 981. The summed E-state index contributed by atoms with van der Waals surface area (Å²) < 4.78 is 11.5. The van der Waals surface area contributed by atoms with E-state index in [0.717, 1.165) is 19.3 Å². The van der Waals surface area contributed by atoms with Gasteiger partial charge in [0.25, 0.3) is 0 Å². The van der Waals surface area contributed by atoms with Gasteiger partial charge in [-0.2, -0.15) is 0 Å². The van der Waals surface area contributed by atoms with Gasteiger partial charge >= 0.3 is 12.1 Å². The van der Waals surface area contributed by atoms with E-state index >= 15 is 0 Å². The average molecular weight is 518 g/mol. The summed E-state index contributed by atoms with van der Waals surface area (Å²) in [5.74, 6) is -0.515. The molecule has 1 saturated heterocycles. The summed E-state index contributed by atoms with van der Waals surface area (Å²) in [4.78, 5) is 25.3. The van der Waals surface area contributed by atoms with Crippen LogP contribution in [0, 0.1) is 40.9 Å². The number of aliphatic hydroxyl groups excluding tert-OH is 1. The number of fused-ring (bicyclic) bond motifs is 3. The summed E-state index contributed by atoms with van der Waals surface area (Å²) in [5.41, 5.74) is -0.364. The maximum atomic E-state index is 12.8. The van der Waals surface area contributed by atoms with Crippen LogP contribution in [0.4, 0.5) is 4.79 Å². The molecule has 10 unspecified atom stereocenters. The minimum Gasteiger partial charge on any atom is -0.460 e. The topological polar surface area (TPSA) is 105 Å². The number of cyclic esters (lactones) is 1. The summed E-state index contributed by atoms with van der Waals surface area (Å²) in [7, 11) is 0. The standard InChI is InChI=1S/C30H47NO6/c1-15(2)24-22-12-19-17(4)30(35)21(18(5)36-26(33)25(30)32)11-10-16(3)20(19)13-29(22,9)14-23(24)37-27(34)31-28(6,7)8/h10,15,18-25,32,35H,4,11-14H2,1-3,5-9H3,(H,31,34). The van der Waals surface area contributed by atoms with Crippen molar-refractivity contribution < 1.29 is 29.3 Å². The Hall–Kier alpha value is -1.86. The molecule has 37 heavy (non-hydrogen) atoms. The van der Waals surface area contributed by atoms with Crippen LogP contribution in [-0.4, -0.2) is 51.7 Å². The largest absolute Gasteiger partial charge is 0.460 e. The number of amides is 1. The second kappa shape index (κ2) is 9.41. The Morgan fingerprint density at radius 3 is 2.49 bits per heavy atom. The van der Waals surface area contributed by atoms with Crippen molar-refractivity contribution in [1.29, 1.82) is 0 Å². The minimum absolute atomic E-state index is 0.0449. The predicted octanol–water partition coefficient (Wildman–Crippen LogP) is 4.76. The highest BCUT2D eigenvalue weighted by atomic mass is 16.6. The number of ether oxygens (including phenoxy) is 2. The number of carbonyl (C=O) groups is 2. The Morgan fingerprint density at radius 1 is 1.24 bits per heavy atom. The zero-order chi connectivity index (χ0) is 27.7. The van der Waals surface area contributed by atoms with Gasteiger partial charge in [-0.05, 0) is 95.0 Å². The van der Waals surface area contributed by atoms with E-state index < -0.39 is 29.7 Å². The van der Waals surface area contributed by atoms with Gasteiger partial charge in [0.05, 0.1) is 0 Å². The third-order valence-electron chi connectivity index (χ3n) is 9.96. The molecule has 1 amide bonds. The van der Waals surface area contributed by atoms with Gasteiger partial charge in [-0.1, -0.05) is 39.0 Å². The van der Waals surface area contributed by atoms with Crippen molar-refractivity contribution in [2.75, 3.05) is 0 Å². The van der Waals surface area contributed by atoms with Crippen molar-refractivity contribution >= 4 is 12.1 Å². The first-order valence-electron chi connectivity index (χ1n) is 13.9. The summed E-state index contributed by atoms with van der Waals surface area (Å²) in [5, 5.41) is 25.9. The van der Waals surface area contributed by atoms with Gasteiger partial charge in [0.15, 0.2) is 6.10 Å². The van der Waals surface area contributed by atoms with Crippen molar-refractivity contribution in [2.24, 2.45) is 40.9 Å². The molecule has 0 aromatic carbocycles. The molecule has 4 rings (SSSR count). The van der Waals surface area contributed by atoms with Crippen molar-refractivity contribution in [2.45, 2.75) is 111 Å². The third-order valence-corrected chi connectivity index (χ3v) is 9.96. The highest BCUT2D eigenvalue weighted by molar-refractivity contribution is 5.78. The normalized spacial score (nSPS) is 44.0. The quantitative estimate of drug-likeness (QED) is 0.360. The lowest BCUT2D eigenvalue weighted by molar-refractivity contribution is -0.209. The van der Waals surface area contributed by atoms with E-state index in [-0.39, 0.29) is 46.8 Å². The molecule has 0 radical (unpaired) electrons. The van der Waals surface area contributed by atoms with Crippen LogP contribution in [0.2, 0.25) is 0 Å². The number of rotatable bonds is 2. The summed E-state index contributed by atoms with van der Waals surface area (Å²) in [6.07, 6.45) is 2.33. The molecular weight excluding hydrogens is 470 g/mol. The lowest BCUT2D eigenvalue weighted by Gasteiger charge is -2.54. The zero-order valence-corrected chi connectivity index (χ0v) is 23.8. The number of allylic oxidation sites excluding steroid dienone is 2. The number of aliphatic hydroxyl groups is 2. The van der Waals surface area contributed by atoms with Gasteiger partial charge in [0.2, 0.25) is 0 Å². The number of nitrogens with one attached hydrogen (secondary N) is 1.